The number of nitrogens with one attached hydrogen (secondary N) is 1. The Morgan fingerprint density at radius 1 is 1.11 bits per heavy atom. The van der Waals surface area contributed by atoms with E-state index in [0.29, 0.717) is 17.2 Å². The quantitative estimate of drug-likeness (QED) is 0.659. The fraction of sp³-hybridized carbons (Fsp3) is 0.278. The summed E-state index contributed by atoms with van der Waals surface area (Å²) in [4.78, 5) is 12.6. The maximum atomic E-state index is 12.8. The average molecular weight is 457 g/mol. The van der Waals surface area contributed by atoms with Crippen LogP contribution in [-0.2, 0) is 14.8 Å². The number of benzene rings is 2. The van der Waals surface area contributed by atoms with Crippen LogP contribution >= 0.6 is 15.9 Å². The Balaban J connectivity index is 2.16. The summed E-state index contributed by atoms with van der Waals surface area (Å²) in [5.41, 5.74) is 0.431. The first-order valence-electron chi connectivity index (χ1n) is 8.09. The molecule has 0 bridgehead atoms. The van der Waals surface area contributed by atoms with Gasteiger partial charge in [0.05, 0.1) is 31.3 Å². The van der Waals surface area contributed by atoms with Gasteiger partial charge in [-0.05, 0) is 36.4 Å². The third kappa shape index (κ3) is 5.21. The Morgan fingerprint density at radius 2 is 1.78 bits per heavy atom. The molecule has 2 rings (SSSR count). The van der Waals surface area contributed by atoms with Crippen LogP contribution in [0.1, 0.15) is 6.92 Å². The van der Waals surface area contributed by atoms with Crippen molar-refractivity contribution in [2.24, 2.45) is 0 Å². The lowest BCUT2D eigenvalue weighted by Crippen LogP contribution is -2.37. The lowest BCUT2D eigenvalue weighted by Gasteiger charge is -2.20. The lowest BCUT2D eigenvalue weighted by atomic mass is 10.2. The minimum absolute atomic E-state index is 0.127. The van der Waals surface area contributed by atoms with Gasteiger partial charge in [0.1, 0.15) is 11.5 Å². The van der Waals surface area contributed by atoms with Crippen LogP contribution < -0.4 is 14.8 Å². The molecule has 27 heavy (non-hydrogen) atoms. The van der Waals surface area contributed by atoms with Crippen molar-refractivity contribution >= 4 is 37.5 Å². The summed E-state index contributed by atoms with van der Waals surface area (Å²) in [6.07, 6.45) is 0. The predicted molar refractivity (Wildman–Crippen MR) is 107 cm³/mol. The number of hydrogen-bond donors (Lipinski definition) is 1. The molecule has 9 heteroatoms. The number of likely N-dealkylation sites (N-methyl/N-ethyl adjacent to an activating group) is 1. The number of anilines is 1. The van der Waals surface area contributed by atoms with E-state index in [-0.39, 0.29) is 18.0 Å². The van der Waals surface area contributed by atoms with Crippen molar-refractivity contribution in [1.29, 1.82) is 0 Å². The number of sulfonamides is 1. The molecule has 0 fully saturated rings. The molecule has 0 aliphatic rings. The van der Waals surface area contributed by atoms with Gasteiger partial charge in [-0.3, -0.25) is 4.79 Å². The van der Waals surface area contributed by atoms with Crippen molar-refractivity contribution in [2.75, 3.05) is 32.6 Å². The van der Waals surface area contributed by atoms with Gasteiger partial charge in [-0.1, -0.05) is 22.9 Å². The van der Waals surface area contributed by atoms with Crippen LogP contribution in [0, 0.1) is 0 Å². The van der Waals surface area contributed by atoms with Gasteiger partial charge >= 0.3 is 0 Å². The summed E-state index contributed by atoms with van der Waals surface area (Å²) < 4.78 is 37.8. The zero-order chi connectivity index (χ0) is 20.0. The minimum Gasteiger partial charge on any atom is -0.497 e. The summed E-state index contributed by atoms with van der Waals surface area (Å²) in [5, 5.41) is 2.68. The van der Waals surface area contributed by atoms with Crippen molar-refractivity contribution in [3.8, 4) is 11.5 Å². The molecule has 0 heterocycles. The van der Waals surface area contributed by atoms with Gasteiger partial charge in [0.15, 0.2) is 0 Å². The van der Waals surface area contributed by atoms with Crippen LogP contribution in [0.15, 0.2) is 51.8 Å². The summed E-state index contributed by atoms with van der Waals surface area (Å²) in [7, 11) is -0.781. The maximum absolute atomic E-state index is 12.8. The molecule has 0 radical (unpaired) electrons. The second-order valence-corrected chi connectivity index (χ2v) is 8.35. The van der Waals surface area contributed by atoms with E-state index in [9.17, 15) is 13.2 Å². The molecule has 146 valence electrons. The molecule has 2 aromatic carbocycles. The molecule has 2 aromatic rings. The van der Waals surface area contributed by atoms with Crippen LogP contribution in [0.5, 0.6) is 11.5 Å². The molecule has 0 spiro atoms. The number of carbonyl (C=O) groups is 1. The average Bonchev–Trinajstić information content (AvgIpc) is 2.66. The highest BCUT2D eigenvalue weighted by Crippen LogP contribution is 2.29. The molecule has 0 aromatic heterocycles. The van der Waals surface area contributed by atoms with Crippen LogP contribution in [0.25, 0.3) is 0 Å². The third-order valence-corrected chi connectivity index (χ3v) is 6.27. The van der Waals surface area contributed by atoms with E-state index in [2.05, 4.69) is 21.2 Å². The van der Waals surface area contributed by atoms with E-state index in [4.69, 9.17) is 9.47 Å². The van der Waals surface area contributed by atoms with Crippen molar-refractivity contribution in [3.05, 3.63) is 46.9 Å². The second-order valence-electron chi connectivity index (χ2n) is 5.50. The largest absolute Gasteiger partial charge is 0.497 e. The number of carbonyl (C=O) groups excluding carboxylic acids is 1. The number of hydrogen-bond acceptors (Lipinski definition) is 5. The van der Waals surface area contributed by atoms with E-state index in [1.807, 2.05) is 0 Å². The topological polar surface area (TPSA) is 84.9 Å². The van der Waals surface area contributed by atoms with Crippen LogP contribution in [0.3, 0.4) is 0 Å². The van der Waals surface area contributed by atoms with Gasteiger partial charge in [0, 0.05) is 17.1 Å². The molecule has 0 aliphatic carbocycles. The van der Waals surface area contributed by atoms with Crippen molar-refractivity contribution in [3.63, 3.8) is 0 Å². The molecule has 0 atom stereocenters. The lowest BCUT2D eigenvalue weighted by molar-refractivity contribution is -0.116. The summed E-state index contributed by atoms with van der Waals surface area (Å²) >= 11 is 3.27. The number of amides is 1. The summed E-state index contributed by atoms with van der Waals surface area (Å²) in [5.74, 6) is 0.528. The molecule has 0 saturated heterocycles. The Morgan fingerprint density at radius 3 is 2.33 bits per heavy atom. The fourth-order valence-corrected chi connectivity index (χ4v) is 4.04. The first-order chi connectivity index (χ1) is 12.8. The SMILES string of the molecule is CCN(CC(=O)Nc1ccc(OC)cc1OC)S(=O)(=O)c1ccc(Br)cc1. The van der Waals surface area contributed by atoms with E-state index in [1.165, 1.54) is 26.4 Å². The van der Waals surface area contributed by atoms with Crippen LogP contribution in [-0.4, -0.2) is 45.9 Å². The highest BCUT2D eigenvalue weighted by atomic mass is 79.9. The normalized spacial score (nSPS) is 11.3. The number of halogens is 1. The molecular weight excluding hydrogens is 436 g/mol. The zero-order valence-electron chi connectivity index (χ0n) is 15.2. The highest BCUT2D eigenvalue weighted by molar-refractivity contribution is 9.10. The van der Waals surface area contributed by atoms with Crippen molar-refractivity contribution in [2.45, 2.75) is 11.8 Å². The Kier molecular flexibility index (Phi) is 7.23. The van der Waals surface area contributed by atoms with Gasteiger partial charge in [-0.2, -0.15) is 4.31 Å². The minimum atomic E-state index is -3.78. The first-order valence-corrected chi connectivity index (χ1v) is 10.3. The molecule has 0 saturated carbocycles. The number of rotatable bonds is 8. The Bertz CT molecular complexity index is 900. The van der Waals surface area contributed by atoms with Gasteiger partial charge in [-0.25, -0.2) is 8.42 Å². The molecule has 0 aliphatic heterocycles. The Labute approximate surface area is 167 Å². The van der Waals surface area contributed by atoms with Gasteiger partial charge < -0.3 is 14.8 Å². The molecule has 1 N–H and O–H groups in total. The van der Waals surface area contributed by atoms with Crippen molar-refractivity contribution in [1.82, 2.24) is 4.31 Å². The molecule has 7 nitrogen and oxygen atoms in total. The monoisotopic (exact) mass is 456 g/mol. The standard InChI is InChI=1S/C18H21BrN2O5S/c1-4-21(27(23,24)15-8-5-13(19)6-9-15)12-18(22)20-16-10-7-14(25-2)11-17(16)26-3/h5-11H,4,12H2,1-3H3,(H,20,22). The zero-order valence-corrected chi connectivity index (χ0v) is 17.6. The summed E-state index contributed by atoms with van der Waals surface area (Å²) in [6.45, 7) is 1.52. The smallest absolute Gasteiger partial charge is 0.243 e. The fourth-order valence-electron chi connectivity index (χ4n) is 2.37. The molecular formula is C18H21BrN2O5S. The first kappa shape index (κ1) is 21.2. The number of ether oxygens (including phenoxy) is 2. The van der Waals surface area contributed by atoms with Gasteiger partial charge in [0.2, 0.25) is 15.9 Å². The van der Waals surface area contributed by atoms with Crippen molar-refractivity contribution < 1.29 is 22.7 Å². The van der Waals surface area contributed by atoms with E-state index < -0.39 is 15.9 Å². The second kappa shape index (κ2) is 9.20. The van der Waals surface area contributed by atoms with E-state index >= 15 is 0 Å². The van der Waals surface area contributed by atoms with Crippen LogP contribution in [0.4, 0.5) is 5.69 Å². The molecule has 0 unspecified atom stereocenters. The van der Waals surface area contributed by atoms with E-state index in [0.717, 1.165) is 8.78 Å². The van der Waals surface area contributed by atoms with Crippen LogP contribution in [0.2, 0.25) is 0 Å². The van der Waals surface area contributed by atoms with Gasteiger partial charge in [0.25, 0.3) is 0 Å². The van der Waals surface area contributed by atoms with E-state index in [1.54, 1.807) is 37.3 Å². The summed E-state index contributed by atoms with van der Waals surface area (Å²) in [6, 6.07) is 11.2. The molecule has 1 amide bonds. The highest BCUT2D eigenvalue weighted by Gasteiger charge is 2.25. The van der Waals surface area contributed by atoms with Gasteiger partial charge in [-0.15, -0.1) is 0 Å². The maximum Gasteiger partial charge on any atom is 0.243 e. The number of nitrogens with zero attached hydrogens (tertiary/aromatic N) is 1. The number of methoxy groups -OCH3 is 2. The third-order valence-electron chi connectivity index (χ3n) is 3.81. The predicted octanol–water partition coefficient (Wildman–Crippen LogP) is 3.12. The Hall–Kier alpha value is -2.10.